The fourth-order valence-electron chi connectivity index (χ4n) is 4.38. The molecular formula is C25H28F3N7O4S2. The maximum absolute atomic E-state index is 13.1. The molecule has 0 amide bonds. The molecule has 1 aliphatic heterocycles. The molecule has 4 heterocycles. The number of ether oxygens (including phenoxy) is 1. The van der Waals surface area contributed by atoms with Crippen molar-refractivity contribution < 1.29 is 30.8 Å². The van der Waals surface area contributed by atoms with Crippen LogP contribution in [0.4, 0.5) is 18.9 Å². The molecule has 5 rings (SSSR count). The molecule has 1 atom stereocenters. The Hall–Kier alpha value is -3.47. The normalized spacial score (nSPS) is 15.8. The smallest absolute Gasteiger partial charge is 0.424 e. The third kappa shape index (κ3) is 6.39. The SMILES string of the molecule is CCn1c(Oc2cccc(N3CCN(C)CC3)c2)nnc1[C@@H](C)NS(=O)(=O)c1ccc(-c2cc(C(F)(F)F)on2)s1. The van der Waals surface area contributed by atoms with Crippen molar-refractivity contribution in [1.82, 2.24) is 29.5 Å². The molecule has 220 valence electrons. The van der Waals surface area contributed by atoms with Gasteiger partial charge in [0.25, 0.3) is 10.0 Å². The van der Waals surface area contributed by atoms with Crippen LogP contribution in [0.2, 0.25) is 0 Å². The molecule has 41 heavy (non-hydrogen) atoms. The molecule has 1 aliphatic rings. The number of likely N-dealkylation sites (N-methyl/N-ethyl adjacent to an activating group) is 1. The van der Waals surface area contributed by atoms with Gasteiger partial charge in [-0.25, -0.2) is 8.42 Å². The second-order valence-electron chi connectivity index (χ2n) is 9.51. The van der Waals surface area contributed by atoms with Crippen LogP contribution in [-0.4, -0.2) is 66.5 Å². The van der Waals surface area contributed by atoms with E-state index in [1.165, 1.54) is 12.1 Å². The van der Waals surface area contributed by atoms with E-state index in [-0.39, 0.29) is 20.8 Å². The summed E-state index contributed by atoms with van der Waals surface area (Å²) in [6, 6.07) is 10.5. The fourth-order valence-corrected chi connectivity index (χ4v) is 6.85. The van der Waals surface area contributed by atoms with E-state index in [0.717, 1.165) is 49.3 Å². The lowest BCUT2D eigenvalue weighted by molar-refractivity contribution is -0.155. The van der Waals surface area contributed by atoms with Gasteiger partial charge in [0.2, 0.25) is 5.76 Å². The lowest BCUT2D eigenvalue weighted by atomic mass is 10.2. The van der Waals surface area contributed by atoms with Gasteiger partial charge in [-0.3, -0.25) is 4.57 Å². The van der Waals surface area contributed by atoms with E-state index in [1.54, 1.807) is 11.5 Å². The number of anilines is 1. The maximum Gasteiger partial charge on any atom is 0.452 e. The average Bonchev–Trinajstić information content (AvgIpc) is 3.68. The number of nitrogens with one attached hydrogen (secondary N) is 1. The first-order valence-corrected chi connectivity index (χ1v) is 15.1. The Morgan fingerprint density at radius 2 is 1.88 bits per heavy atom. The van der Waals surface area contributed by atoms with Gasteiger partial charge in [-0.2, -0.15) is 17.9 Å². The van der Waals surface area contributed by atoms with Gasteiger partial charge in [0, 0.05) is 50.5 Å². The highest BCUT2D eigenvalue weighted by molar-refractivity contribution is 7.91. The topological polar surface area (TPSA) is 119 Å². The zero-order chi connectivity index (χ0) is 29.4. The first-order chi connectivity index (χ1) is 19.4. The van der Waals surface area contributed by atoms with Gasteiger partial charge in [-0.05, 0) is 45.2 Å². The van der Waals surface area contributed by atoms with Crippen LogP contribution in [0, 0.1) is 0 Å². The summed E-state index contributed by atoms with van der Waals surface area (Å²) in [5, 5.41) is 11.7. The first kappa shape index (κ1) is 29.0. The van der Waals surface area contributed by atoms with E-state index in [4.69, 9.17) is 4.74 Å². The second-order valence-corrected chi connectivity index (χ2v) is 12.5. The lowest BCUT2D eigenvalue weighted by Crippen LogP contribution is -2.44. The Morgan fingerprint density at radius 1 is 1.12 bits per heavy atom. The monoisotopic (exact) mass is 611 g/mol. The summed E-state index contributed by atoms with van der Waals surface area (Å²) in [4.78, 5) is 4.77. The molecule has 0 spiro atoms. The minimum absolute atomic E-state index is 0.101. The first-order valence-electron chi connectivity index (χ1n) is 12.8. The number of thiophene rings is 1. The zero-order valence-electron chi connectivity index (χ0n) is 22.4. The molecule has 0 unspecified atom stereocenters. The molecule has 11 nitrogen and oxygen atoms in total. The zero-order valence-corrected chi connectivity index (χ0v) is 24.1. The highest BCUT2D eigenvalue weighted by Crippen LogP contribution is 2.36. The van der Waals surface area contributed by atoms with E-state index in [0.29, 0.717) is 18.1 Å². The van der Waals surface area contributed by atoms with Gasteiger partial charge in [0.1, 0.15) is 15.7 Å². The van der Waals surface area contributed by atoms with Gasteiger partial charge in [0.15, 0.2) is 5.82 Å². The number of hydrogen-bond acceptors (Lipinski definition) is 10. The molecule has 1 saturated heterocycles. The predicted octanol–water partition coefficient (Wildman–Crippen LogP) is 4.62. The number of alkyl halides is 3. The van der Waals surface area contributed by atoms with E-state index in [9.17, 15) is 21.6 Å². The van der Waals surface area contributed by atoms with E-state index >= 15 is 0 Å². The van der Waals surface area contributed by atoms with Crippen molar-refractivity contribution in [2.75, 3.05) is 38.1 Å². The van der Waals surface area contributed by atoms with Crippen molar-refractivity contribution in [1.29, 1.82) is 0 Å². The van der Waals surface area contributed by atoms with Crippen LogP contribution in [0.3, 0.4) is 0 Å². The van der Waals surface area contributed by atoms with Gasteiger partial charge in [-0.1, -0.05) is 16.3 Å². The van der Waals surface area contributed by atoms with Gasteiger partial charge in [0.05, 0.1) is 10.9 Å². The number of rotatable bonds is 9. The Morgan fingerprint density at radius 3 is 2.56 bits per heavy atom. The number of sulfonamides is 1. The van der Waals surface area contributed by atoms with Crippen LogP contribution >= 0.6 is 11.3 Å². The lowest BCUT2D eigenvalue weighted by Gasteiger charge is -2.34. The Kier molecular flexibility index (Phi) is 8.09. The van der Waals surface area contributed by atoms with E-state index in [2.05, 4.69) is 41.4 Å². The number of benzene rings is 1. The van der Waals surface area contributed by atoms with Gasteiger partial charge < -0.3 is 19.1 Å². The van der Waals surface area contributed by atoms with Crippen LogP contribution in [-0.2, 0) is 22.7 Å². The average molecular weight is 612 g/mol. The predicted molar refractivity (Wildman–Crippen MR) is 145 cm³/mol. The van der Waals surface area contributed by atoms with Crippen LogP contribution in [0.5, 0.6) is 11.8 Å². The van der Waals surface area contributed by atoms with Gasteiger partial charge in [-0.15, -0.1) is 16.4 Å². The minimum Gasteiger partial charge on any atom is -0.424 e. The van der Waals surface area contributed by atoms with Crippen LogP contribution in [0.15, 0.2) is 51.2 Å². The summed E-state index contributed by atoms with van der Waals surface area (Å²) in [6.45, 7) is 7.65. The Bertz CT molecular complexity index is 1610. The highest BCUT2D eigenvalue weighted by atomic mass is 32.2. The largest absolute Gasteiger partial charge is 0.452 e. The number of piperazine rings is 1. The summed E-state index contributed by atoms with van der Waals surface area (Å²) in [6.07, 6.45) is -4.69. The van der Waals surface area contributed by atoms with Crippen molar-refractivity contribution in [3.8, 4) is 22.3 Å². The van der Waals surface area contributed by atoms with Crippen molar-refractivity contribution in [2.45, 2.75) is 36.8 Å². The second kappa shape index (κ2) is 11.4. The fraction of sp³-hybridized carbons (Fsp3) is 0.400. The molecule has 1 fully saturated rings. The number of aromatic nitrogens is 4. The molecule has 16 heteroatoms. The summed E-state index contributed by atoms with van der Waals surface area (Å²) < 4.78 is 79.3. The molecule has 0 radical (unpaired) electrons. The maximum atomic E-state index is 13.1. The van der Waals surface area contributed by atoms with Crippen LogP contribution in [0.25, 0.3) is 10.6 Å². The van der Waals surface area contributed by atoms with Crippen molar-refractivity contribution >= 4 is 27.0 Å². The number of halogens is 3. The summed E-state index contributed by atoms with van der Waals surface area (Å²) in [5.74, 6) is -0.347. The minimum atomic E-state index is -4.69. The van der Waals surface area contributed by atoms with E-state index in [1.807, 2.05) is 31.2 Å². The van der Waals surface area contributed by atoms with Crippen LogP contribution < -0.4 is 14.4 Å². The summed E-state index contributed by atoms with van der Waals surface area (Å²) >= 11 is 0.770. The van der Waals surface area contributed by atoms with Crippen molar-refractivity contribution in [3.05, 3.63) is 54.0 Å². The molecule has 4 aromatic rings. The van der Waals surface area contributed by atoms with Gasteiger partial charge >= 0.3 is 12.2 Å². The molecular weight excluding hydrogens is 583 g/mol. The Labute approximate surface area is 238 Å². The Balaban J connectivity index is 1.29. The summed E-state index contributed by atoms with van der Waals surface area (Å²) in [5.41, 5.74) is 0.927. The molecule has 0 bridgehead atoms. The standard InChI is InChI=1S/C25H28F3N7O4S2/c1-4-35-23(29-30-24(35)38-18-7-5-6-17(14-18)34-12-10-33(3)11-13-34)16(2)32-41(36,37)22-9-8-20(40-22)19-15-21(39-31-19)25(26,27)28/h5-9,14-16,32H,4,10-13H2,1-3H3/t16-/m1/s1. The number of nitrogens with zero attached hydrogens (tertiary/aromatic N) is 6. The molecule has 1 aromatic carbocycles. The quantitative estimate of drug-likeness (QED) is 0.289. The molecule has 3 aromatic heterocycles. The van der Waals surface area contributed by atoms with Crippen LogP contribution in [0.1, 0.15) is 31.5 Å². The highest BCUT2D eigenvalue weighted by Gasteiger charge is 2.36. The molecule has 0 aliphatic carbocycles. The third-order valence-corrected chi connectivity index (χ3v) is 9.70. The van der Waals surface area contributed by atoms with E-state index < -0.39 is 28.0 Å². The molecule has 0 saturated carbocycles. The molecule has 1 N–H and O–H groups in total. The van der Waals surface area contributed by atoms with Crippen molar-refractivity contribution in [2.24, 2.45) is 0 Å². The third-order valence-electron chi connectivity index (χ3n) is 6.56. The van der Waals surface area contributed by atoms with Crippen molar-refractivity contribution in [3.63, 3.8) is 0 Å². The summed E-state index contributed by atoms with van der Waals surface area (Å²) in [7, 11) is -1.96. The number of hydrogen-bond donors (Lipinski definition) is 1.